The summed E-state index contributed by atoms with van der Waals surface area (Å²) < 4.78 is 26.5. The van der Waals surface area contributed by atoms with E-state index in [1.807, 2.05) is 31.2 Å². The molecule has 0 bridgehead atoms. The number of piperazine rings is 1. The number of nitrogens with one attached hydrogen (secondary N) is 1. The Labute approximate surface area is 195 Å². The zero-order valence-electron chi connectivity index (χ0n) is 18.6. The zero-order valence-corrected chi connectivity index (χ0v) is 18.6. The summed E-state index contributed by atoms with van der Waals surface area (Å²) in [6.45, 7) is 3.67. The van der Waals surface area contributed by atoms with Gasteiger partial charge in [0, 0.05) is 47.7 Å². The number of urea groups is 1. The first-order chi connectivity index (χ1) is 16.5. The summed E-state index contributed by atoms with van der Waals surface area (Å²) >= 11 is 0. The summed E-state index contributed by atoms with van der Waals surface area (Å²) in [5, 5.41) is 13.7. The number of hydrogen-bond donors (Lipinski definition) is 1. The second kappa shape index (κ2) is 9.05. The number of carbonyl (C=O) groups excluding carboxylic acids is 1. The fraction of sp³-hybridized carbons (Fsp3) is 0.192. The van der Waals surface area contributed by atoms with E-state index in [2.05, 4.69) is 20.4 Å². The van der Waals surface area contributed by atoms with Crippen molar-refractivity contribution in [3.63, 3.8) is 0 Å². The number of hydrogen-bond acceptors (Lipinski definition) is 4. The van der Waals surface area contributed by atoms with Gasteiger partial charge in [0.25, 0.3) is 0 Å². The van der Waals surface area contributed by atoms with Crippen LogP contribution in [0.5, 0.6) is 0 Å². The van der Waals surface area contributed by atoms with Crippen molar-refractivity contribution in [3.05, 3.63) is 84.4 Å². The highest BCUT2D eigenvalue weighted by Gasteiger charge is 2.29. The molecule has 1 aliphatic heterocycles. The van der Waals surface area contributed by atoms with Crippen LogP contribution in [-0.2, 0) is 0 Å². The molecular formula is C26H23F2N5O. The minimum absolute atomic E-state index is 0.0773. The molecular weight excluding hydrogens is 436 g/mol. The fourth-order valence-electron chi connectivity index (χ4n) is 4.32. The Morgan fingerprint density at radius 1 is 0.882 bits per heavy atom. The number of anilines is 2. The highest BCUT2D eigenvalue weighted by molar-refractivity contribution is 6.00. The Morgan fingerprint density at radius 2 is 1.53 bits per heavy atom. The van der Waals surface area contributed by atoms with Crippen LogP contribution in [0.25, 0.3) is 22.0 Å². The summed E-state index contributed by atoms with van der Waals surface area (Å²) in [5.74, 6) is 0.110. The maximum absolute atomic E-state index is 13.4. The smallest absolute Gasteiger partial charge is 0.322 e. The monoisotopic (exact) mass is 459 g/mol. The number of amides is 2. The molecule has 172 valence electrons. The summed E-state index contributed by atoms with van der Waals surface area (Å²) in [4.78, 5) is 16.7. The SMILES string of the molecule is C[C@H]1CN(c2nnc(-c3ccc(F)cc3)c3ccccc23)CCN1C(=O)Nc1ccc(F)cc1. The van der Waals surface area contributed by atoms with E-state index in [9.17, 15) is 13.6 Å². The zero-order chi connectivity index (χ0) is 23.7. The van der Waals surface area contributed by atoms with Crippen molar-refractivity contribution >= 4 is 28.3 Å². The number of aromatic nitrogens is 2. The van der Waals surface area contributed by atoms with Gasteiger partial charge in [-0.05, 0) is 55.5 Å². The molecule has 4 aromatic rings. The molecule has 0 saturated carbocycles. The highest BCUT2D eigenvalue weighted by atomic mass is 19.1. The van der Waals surface area contributed by atoms with Crippen LogP contribution in [0, 0.1) is 11.6 Å². The average molecular weight is 460 g/mol. The normalized spacial score (nSPS) is 16.0. The molecule has 1 saturated heterocycles. The first kappa shape index (κ1) is 21.8. The van der Waals surface area contributed by atoms with Gasteiger partial charge in [0.05, 0.1) is 0 Å². The van der Waals surface area contributed by atoms with E-state index >= 15 is 0 Å². The predicted octanol–water partition coefficient (Wildman–Crippen LogP) is 5.32. The van der Waals surface area contributed by atoms with Crippen LogP contribution in [0.15, 0.2) is 72.8 Å². The number of nitrogens with zero attached hydrogens (tertiary/aromatic N) is 4. The quantitative estimate of drug-likeness (QED) is 0.451. The molecule has 1 aliphatic rings. The van der Waals surface area contributed by atoms with E-state index in [-0.39, 0.29) is 23.7 Å². The minimum atomic E-state index is -0.348. The third-order valence-electron chi connectivity index (χ3n) is 6.07. The Kier molecular flexibility index (Phi) is 5.79. The van der Waals surface area contributed by atoms with Crippen molar-refractivity contribution in [1.82, 2.24) is 15.1 Å². The lowest BCUT2D eigenvalue weighted by Gasteiger charge is -2.40. The molecule has 0 radical (unpaired) electrons. The van der Waals surface area contributed by atoms with Gasteiger partial charge in [-0.25, -0.2) is 13.6 Å². The lowest BCUT2D eigenvalue weighted by molar-refractivity contribution is 0.184. The highest BCUT2D eigenvalue weighted by Crippen LogP contribution is 2.32. The molecule has 5 rings (SSSR count). The molecule has 6 nitrogen and oxygen atoms in total. The van der Waals surface area contributed by atoms with Gasteiger partial charge in [0.15, 0.2) is 5.82 Å². The van der Waals surface area contributed by atoms with Gasteiger partial charge in [-0.15, -0.1) is 10.2 Å². The summed E-state index contributed by atoms with van der Waals surface area (Å²) in [5.41, 5.74) is 2.05. The van der Waals surface area contributed by atoms with E-state index < -0.39 is 0 Å². The third kappa shape index (κ3) is 4.26. The van der Waals surface area contributed by atoms with Crippen molar-refractivity contribution in [2.24, 2.45) is 0 Å². The van der Waals surface area contributed by atoms with Gasteiger partial charge in [0.2, 0.25) is 0 Å². The number of rotatable bonds is 3. The Balaban J connectivity index is 1.37. The van der Waals surface area contributed by atoms with Crippen LogP contribution < -0.4 is 10.2 Å². The second-order valence-electron chi connectivity index (χ2n) is 8.35. The molecule has 2 amide bonds. The molecule has 1 aromatic heterocycles. The van der Waals surface area contributed by atoms with Crippen molar-refractivity contribution < 1.29 is 13.6 Å². The largest absolute Gasteiger partial charge is 0.351 e. The van der Waals surface area contributed by atoms with Crippen molar-refractivity contribution in [3.8, 4) is 11.3 Å². The van der Waals surface area contributed by atoms with Crippen LogP contribution in [0.3, 0.4) is 0 Å². The van der Waals surface area contributed by atoms with Crippen molar-refractivity contribution in [2.45, 2.75) is 13.0 Å². The molecule has 0 aliphatic carbocycles. The van der Waals surface area contributed by atoms with Crippen molar-refractivity contribution in [1.29, 1.82) is 0 Å². The van der Waals surface area contributed by atoms with E-state index in [1.165, 1.54) is 24.3 Å². The predicted molar refractivity (Wildman–Crippen MR) is 129 cm³/mol. The molecule has 34 heavy (non-hydrogen) atoms. The Bertz CT molecular complexity index is 1330. The standard InChI is InChI=1S/C26H23F2N5O/c1-17-16-32(14-15-33(17)26(34)29-21-12-10-20(28)11-13-21)25-23-5-3-2-4-22(23)24(30-31-25)18-6-8-19(27)9-7-18/h2-13,17H,14-16H2,1H3,(H,29,34)/t17-/m0/s1. The van der Waals surface area contributed by atoms with Crippen LogP contribution in [-0.4, -0.2) is 46.8 Å². The lowest BCUT2D eigenvalue weighted by atomic mass is 10.0. The van der Waals surface area contributed by atoms with Crippen molar-refractivity contribution in [2.75, 3.05) is 29.9 Å². The molecule has 2 heterocycles. The Hall–Kier alpha value is -4.07. The average Bonchev–Trinajstić information content (AvgIpc) is 2.85. The molecule has 3 aromatic carbocycles. The number of fused-ring (bicyclic) bond motifs is 1. The molecule has 1 atom stereocenters. The first-order valence-corrected chi connectivity index (χ1v) is 11.1. The van der Waals surface area contributed by atoms with Gasteiger partial charge >= 0.3 is 6.03 Å². The number of benzene rings is 3. The summed E-state index contributed by atoms with van der Waals surface area (Å²) in [6, 6.07) is 19.5. The maximum Gasteiger partial charge on any atom is 0.322 e. The van der Waals surface area contributed by atoms with Crippen LogP contribution in [0.2, 0.25) is 0 Å². The minimum Gasteiger partial charge on any atom is -0.351 e. The number of carbonyl (C=O) groups is 1. The van der Waals surface area contributed by atoms with Gasteiger partial charge in [0.1, 0.15) is 17.3 Å². The maximum atomic E-state index is 13.4. The van der Waals surface area contributed by atoms with E-state index in [0.717, 1.165) is 22.2 Å². The van der Waals surface area contributed by atoms with E-state index in [4.69, 9.17) is 0 Å². The van der Waals surface area contributed by atoms with Crippen LogP contribution in [0.4, 0.5) is 25.1 Å². The van der Waals surface area contributed by atoms with Gasteiger partial charge in [-0.3, -0.25) is 0 Å². The lowest BCUT2D eigenvalue weighted by Crippen LogP contribution is -2.55. The summed E-state index contributed by atoms with van der Waals surface area (Å²) in [7, 11) is 0. The third-order valence-corrected chi connectivity index (χ3v) is 6.07. The van der Waals surface area contributed by atoms with Gasteiger partial charge < -0.3 is 15.1 Å². The van der Waals surface area contributed by atoms with Crippen LogP contribution >= 0.6 is 0 Å². The molecule has 0 unspecified atom stereocenters. The second-order valence-corrected chi connectivity index (χ2v) is 8.35. The first-order valence-electron chi connectivity index (χ1n) is 11.1. The number of halogens is 2. The molecule has 1 N–H and O–H groups in total. The van der Waals surface area contributed by atoms with Crippen LogP contribution in [0.1, 0.15) is 6.92 Å². The topological polar surface area (TPSA) is 61.4 Å². The molecule has 1 fully saturated rings. The molecule has 8 heteroatoms. The van der Waals surface area contributed by atoms with E-state index in [1.54, 1.807) is 29.2 Å². The Morgan fingerprint density at radius 3 is 2.21 bits per heavy atom. The molecule has 0 spiro atoms. The fourth-order valence-corrected chi connectivity index (χ4v) is 4.32. The van der Waals surface area contributed by atoms with Gasteiger partial charge in [-0.2, -0.15) is 0 Å². The summed E-state index contributed by atoms with van der Waals surface area (Å²) in [6.07, 6.45) is 0. The van der Waals surface area contributed by atoms with E-state index in [0.29, 0.717) is 31.0 Å². The van der Waals surface area contributed by atoms with Gasteiger partial charge in [-0.1, -0.05) is 24.3 Å².